The van der Waals surface area contributed by atoms with Crippen LogP contribution in [0.25, 0.3) is 0 Å². The average molecular weight is 380 g/mol. The number of hydrogen-bond acceptors (Lipinski definition) is 1. The molecule has 18 heavy (non-hydrogen) atoms. The molecule has 0 radical (unpaired) electrons. The van der Waals surface area contributed by atoms with Gasteiger partial charge in [-0.25, -0.2) is 4.39 Å². The van der Waals surface area contributed by atoms with Crippen molar-refractivity contribution in [1.29, 1.82) is 0 Å². The maximum Gasteiger partial charge on any atom is 0.137 e. The standard InChI is InChI=1S/C14H17Br2FO/c15-12(6-5-11-3-1-2-8-18-11)10-4-7-14(17)13(16)9-10/h4,7,9,11-12H,1-3,5-6,8H2. The van der Waals surface area contributed by atoms with E-state index in [1.165, 1.54) is 25.3 Å². The van der Waals surface area contributed by atoms with Crippen LogP contribution in [0, 0.1) is 5.82 Å². The first-order chi connectivity index (χ1) is 8.66. The Kier molecular flexibility index (Phi) is 5.64. The van der Waals surface area contributed by atoms with E-state index in [4.69, 9.17) is 4.74 Å². The lowest BCUT2D eigenvalue weighted by Gasteiger charge is -2.23. The van der Waals surface area contributed by atoms with Crippen molar-refractivity contribution in [1.82, 2.24) is 0 Å². The van der Waals surface area contributed by atoms with Crippen LogP contribution in [0.4, 0.5) is 4.39 Å². The van der Waals surface area contributed by atoms with Gasteiger partial charge in [-0.2, -0.15) is 0 Å². The molecular weight excluding hydrogens is 363 g/mol. The topological polar surface area (TPSA) is 9.23 Å². The van der Waals surface area contributed by atoms with E-state index in [9.17, 15) is 4.39 Å². The molecule has 1 aromatic rings. The first-order valence-corrected chi connectivity index (χ1v) is 8.08. The van der Waals surface area contributed by atoms with Crippen molar-refractivity contribution >= 4 is 31.9 Å². The van der Waals surface area contributed by atoms with Crippen molar-refractivity contribution in [3.8, 4) is 0 Å². The van der Waals surface area contributed by atoms with Crippen molar-refractivity contribution in [2.75, 3.05) is 6.61 Å². The van der Waals surface area contributed by atoms with Crippen molar-refractivity contribution in [2.45, 2.75) is 43.0 Å². The summed E-state index contributed by atoms with van der Waals surface area (Å²) >= 11 is 6.89. The molecule has 0 saturated carbocycles. The molecule has 0 aromatic heterocycles. The van der Waals surface area contributed by atoms with Gasteiger partial charge in [0.05, 0.1) is 10.6 Å². The van der Waals surface area contributed by atoms with Gasteiger partial charge in [0.25, 0.3) is 0 Å². The SMILES string of the molecule is Fc1ccc(C(Br)CCC2CCCCO2)cc1Br. The van der Waals surface area contributed by atoms with Gasteiger partial charge in [-0.3, -0.25) is 0 Å². The number of halogens is 3. The summed E-state index contributed by atoms with van der Waals surface area (Å²) in [7, 11) is 0. The molecule has 0 amide bonds. The molecular formula is C14H17Br2FO. The van der Waals surface area contributed by atoms with Crippen LogP contribution in [0.2, 0.25) is 0 Å². The van der Waals surface area contributed by atoms with Crippen LogP contribution >= 0.6 is 31.9 Å². The van der Waals surface area contributed by atoms with E-state index in [0.717, 1.165) is 25.0 Å². The summed E-state index contributed by atoms with van der Waals surface area (Å²) < 4.78 is 19.4. The highest BCUT2D eigenvalue weighted by atomic mass is 79.9. The molecule has 1 fully saturated rings. The molecule has 2 unspecified atom stereocenters. The smallest absolute Gasteiger partial charge is 0.137 e. The predicted molar refractivity (Wildman–Crippen MR) is 78.6 cm³/mol. The Labute approximate surface area is 124 Å². The number of rotatable bonds is 4. The predicted octanol–water partition coefficient (Wildman–Crippen LogP) is 5.37. The van der Waals surface area contributed by atoms with Crippen molar-refractivity contribution in [2.24, 2.45) is 0 Å². The van der Waals surface area contributed by atoms with E-state index in [1.807, 2.05) is 12.1 Å². The summed E-state index contributed by atoms with van der Waals surface area (Å²) in [4.78, 5) is 0.264. The number of benzene rings is 1. The van der Waals surface area contributed by atoms with E-state index in [2.05, 4.69) is 31.9 Å². The molecule has 0 N–H and O–H groups in total. The summed E-state index contributed by atoms with van der Waals surface area (Å²) in [6.07, 6.45) is 6.13. The van der Waals surface area contributed by atoms with Crippen molar-refractivity contribution in [3.63, 3.8) is 0 Å². The minimum Gasteiger partial charge on any atom is -0.378 e. The third-order valence-electron chi connectivity index (χ3n) is 3.32. The summed E-state index contributed by atoms with van der Waals surface area (Å²) in [6, 6.07) is 5.18. The van der Waals surface area contributed by atoms with Gasteiger partial charge in [-0.05, 0) is 65.7 Å². The Hall–Kier alpha value is 0.0700. The third-order valence-corrected chi connectivity index (χ3v) is 4.92. The highest BCUT2D eigenvalue weighted by molar-refractivity contribution is 9.10. The van der Waals surface area contributed by atoms with Crippen LogP contribution < -0.4 is 0 Å². The normalized spacial score (nSPS) is 21.8. The van der Waals surface area contributed by atoms with Gasteiger partial charge in [0.15, 0.2) is 0 Å². The van der Waals surface area contributed by atoms with Crippen LogP contribution in [0.15, 0.2) is 22.7 Å². The Bertz CT molecular complexity index is 391. The molecule has 1 saturated heterocycles. The average Bonchev–Trinajstić information content (AvgIpc) is 2.40. The molecule has 0 spiro atoms. The fourth-order valence-corrected chi connectivity index (χ4v) is 3.19. The molecule has 2 atom stereocenters. The van der Waals surface area contributed by atoms with E-state index < -0.39 is 0 Å². The number of hydrogen-bond donors (Lipinski definition) is 0. The van der Waals surface area contributed by atoms with Gasteiger partial charge in [-0.15, -0.1) is 0 Å². The van der Waals surface area contributed by atoms with Crippen LogP contribution in [-0.2, 0) is 4.74 Å². The molecule has 1 heterocycles. The van der Waals surface area contributed by atoms with Gasteiger partial charge >= 0.3 is 0 Å². The van der Waals surface area contributed by atoms with E-state index in [1.54, 1.807) is 0 Å². The Morgan fingerprint density at radius 2 is 2.22 bits per heavy atom. The van der Waals surface area contributed by atoms with Crippen LogP contribution in [0.1, 0.15) is 42.5 Å². The zero-order valence-corrected chi connectivity index (χ0v) is 13.3. The van der Waals surface area contributed by atoms with Crippen LogP contribution in [0.5, 0.6) is 0 Å². The fraction of sp³-hybridized carbons (Fsp3) is 0.571. The minimum atomic E-state index is -0.214. The minimum absolute atomic E-state index is 0.214. The first-order valence-electron chi connectivity index (χ1n) is 6.37. The lowest BCUT2D eigenvalue weighted by molar-refractivity contribution is 0.0102. The molecule has 1 aliphatic heterocycles. The number of ether oxygens (including phenoxy) is 1. The molecule has 100 valence electrons. The second-order valence-corrected chi connectivity index (χ2v) is 6.67. The molecule has 1 aliphatic rings. The highest BCUT2D eigenvalue weighted by Crippen LogP contribution is 2.32. The summed E-state index contributed by atoms with van der Waals surface area (Å²) in [5.41, 5.74) is 1.11. The lowest BCUT2D eigenvalue weighted by Crippen LogP contribution is -2.19. The van der Waals surface area contributed by atoms with E-state index >= 15 is 0 Å². The summed E-state index contributed by atoms with van der Waals surface area (Å²) in [5.74, 6) is -0.214. The fourth-order valence-electron chi connectivity index (χ4n) is 2.24. The van der Waals surface area contributed by atoms with Gasteiger partial charge < -0.3 is 4.74 Å². The second-order valence-electron chi connectivity index (χ2n) is 4.71. The van der Waals surface area contributed by atoms with E-state index in [0.29, 0.717) is 10.6 Å². The highest BCUT2D eigenvalue weighted by Gasteiger charge is 2.16. The number of alkyl halides is 1. The maximum atomic E-state index is 13.2. The quantitative estimate of drug-likeness (QED) is 0.638. The molecule has 4 heteroatoms. The second kappa shape index (κ2) is 7.01. The van der Waals surface area contributed by atoms with E-state index in [-0.39, 0.29) is 10.6 Å². The molecule has 0 bridgehead atoms. The molecule has 2 rings (SSSR count). The Morgan fingerprint density at radius 3 is 2.89 bits per heavy atom. The summed E-state index contributed by atoms with van der Waals surface area (Å²) in [6.45, 7) is 0.902. The monoisotopic (exact) mass is 378 g/mol. The Morgan fingerprint density at radius 1 is 1.39 bits per heavy atom. The summed E-state index contributed by atoms with van der Waals surface area (Å²) in [5, 5.41) is 0. The van der Waals surface area contributed by atoms with Crippen LogP contribution in [0.3, 0.4) is 0 Å². The maximum absolute atomic E-state index is 13.2. The first kappa shape index (κ1) is 14.5. The van der Waals surface area contributed by atoms with Crippen molar-refractivity contribution < 1.29 is 9.13 Å². The zero-order chi connectivity index (χ0) is 13.0. The van der Waals surface area contributed by atoms with Gasteiger partial charge in [0.1, 0.15) is 5.82 Å². The zero-order valence-electron chi connectivity index (χ0n) is 10.2. The third kappa shape index (κ3) is 4.04. The van der Waals surface area contributed by atoms with Gasteiger partial charge in [0, 0.05) is 11.4 Å². The molecule has 0 aliphatic carbocycles. The molecule has 1 aromatic carbocycles. The molecule has 1 nitrogen and oxygen atoms in total. The van der Waals surface area contributed by atoms with Gasteiger partial charge in [-0.1, -0.05) is 22.0 Å². The van der Waals surface area contributed by atoms with Gasteiger partial charge in [0.2, 0.25) is 0 Å². The Balaban J connectivity index is 1.86. The lowest BCUT2D eigenvalue weighted by atomic mass is 10.0. The largest absolute Gasteiger partial charge is 0.378 e. The van der Waals surface area contributed by atoms with Crippen molar-refractivity contribution in [3.05, 3.63) is 34.1 Å². The van der Waals surface area contributed by atoms with Crippen LogP contribution in [-0.4, -0.2) is 12.7 Å².